The molecule has 1 aromatic rings. The Morgan fingerprint density at radius 3 is 1.97 bits per heavy atom. The summed E-state index contributed by atoms with van der Waals surface area (Å²) in [5.41, 5.74) is 0. The predicted octanol–water partition coefficient (Wildman–Crippen LogP) is 2.71. The molecule has 1 unspecified atom stereocenters. The number of rotatable bonds is 2. The van der Waals surface area contributed by atoms with Crippen LogP contribution in [0.4, 0.5) is 30.7 Å². The van der Waals surface area contributed by atoms with E-state index < -0.39 is 24.3 Å². The van der Waals surface area contributed by atoms with Crippen molar-refractivity contribution >= 4 is 23.7 Å². The maximum atomic E-state index is 13.3. The fourth-order valence-electron chi connectivity index (χ4n) is 2.14. The zero-order chi connectivity index (χ0) is 23.2. The molecule has 2 aliphatic heterocycles. The van der Waals surface area contributed by atoms with Crippen molar-refractivity contribution in [2.24, 2.45) is 0 Å². The number of carboxylic acid groups (broad SMARTS) is 2. The third kappa shape index (κ3) is 8.22. The van der Waals surface area contributed by atoms with Gasteiger partial charge in [-0.3, -0.25) is 0 Å². The van der Waals surface area contributed by atoms with Crippen LogP contribution in [0.15, 0.2) is 18.3 Å². The molecule has 170 valence electrons. The summed E-state index contributed by atoms with van der Waals surface area (Å²) in [7, 11) is 0. The van der Waals surface area contributed by atoms with Gasteiger partial charge in [-0.2, -0.15) is 26.3 Å². The molecule has 0 bridgehead atoms. The number of halogens is 7. The summed E-state index contributed by atoms with van der Waals surface area (Å²) >= 11 is 1.93. The molecule has 7 nitrogen and oxygen atoms in total. The number of carboxylic acids is 2. The molecule has 0 saturated carbocycles. The van der Waals surface area contributed by atoms with Crippen molar-refractivity contribution in [3.63, 3.8) is 0 Å². The first-order valence-electron chi connectivity index (χ1n) is 7.88. The smallest absolute Gasteiger partial charge is 0.475 e. The van der Waals surface area contributed by atoms with Gasteiger partial charge < -0.3 is 20.3 Å². The van der Waals surface area contributed by atoms with E-state index in [1.54, 1.807) is 12.3 Å². The Labute approximate surface area is 168 Å². The van der Waals surface area contributed by atoms with Crippen LogP contribution in [0.1, 0.15) is 6.42 Å². The van der Waals surface area contributed by atoms with Crippen molar-refractivity contribution in [2.75, 3.05) is 18.8 Å². The third-order valence-corrected chi connectivity index (χ3v) is 5.16. The van der Waals surface area contributed by atoms with E-state index in [0.717, 1.165) is 25.3 Å². The summed E-state index contributed by atoms with van der Waals surface area (Å²) in [6.45, 7) is 2.09. The van der Waals surface area contributed by atoms with Crippen LogP contribution in [0, 0.1) is 5.82 Å². The van der Waals surface area contributed by atoms with Gasteiger partial charge in [0.05, 0.1) is 0 Å². The summed E-state index contributed by atoms with van der Waals surface area (Å²) in [6.07, 6.45) is -7.53. The molecule has 0 aliphatic carbocycles. The standard InChI is InChI=1S/C11H13FN2OS.2C2HF3O2/c12-9-2-1-3-14-10(9)15-8-4-11(16-5-8)6-13-7-11;2*3-2(4,5)1(6)7/h1-3,8,13H,4-7H2;2*(H,6,7). The summed E-state index contributed by atoms with van der Waals surface area (Å²) in [5.74, 6) is -4.82. The summed E-state index contributed by atoms with van der Waals surface area (Å²) in [6, 6.07) is 2.95. The van der Waals surface area contributed by atoms with Crippen LogP contribution in [0.25, 0.3) is 0 Å². The largest absolute Gasteiger partial charge is 0.490 e. The average Bonchev–Trinajstić information content (AvgIpc) is 3.01. The normalized spacial score (nSPS) is 19.5. The second-order valence-electron chi connectivity index (χ2n) is 5.94. The number of thioether (sulfide) groups is 1. The Morgan fingerprint density at radius 2 is 1.63 bits per heavy atom. The Kier molecular flexibility index (Phi) is 8.71. The lowest BCUT2D eigenvalue weighted by Crippen LogP contribution is -2.56. The molecule has 2 aliphatic rings. The molecule has 30 heavy (non-hydrogen) atoms. The van der Waals surface area contributed by atoms with E-state index in [9.17, 15) is 30.7 Å². The Balaban J connectivity index is 0.000000271. The van der Waals surface area contributed by atoms with Crippen molar-refractivity contribution in [1.29, 1.82) is 0 Å². The Bertz CT molecular complexity index is 717. The van der Waals surface area contributed by atoms with Crippen LogP contribution < -0.4 is 10.1 Å². The van der Waals surface area contributed by atoms with Gasteiger partial charge >= 0.3 is 24.3 Å². The SMILES string of the molecule is Fc1cccnc1OC1CSC2(CNC2)C1.O=C(O)C(F)(F)F.O=C(O)C(F)(F)F. The lowest BCUT2D eigenvalue weighted by atomic mass is 9.96. The van der Waals surface area contributed by atoms with Crippen LogP contribution in [0.3, 0.4) is 0 Å². The molecule has 0 radical (unpaired) electrons. The molecule has 1 spiro atoms. The Hall–Kier alpha value is -2.29. The van der Waals surface area contributed by atoms with Crippen LogP contribution in [0.5, 0.6) is 5.88 Å². The van der Waals surface area contributed by atoms with Crippen molar-refractivity contribution in [1.82, 2.24) is 10.3 Å². The first kappa shape index (κ1) is 25.7. The highest BCUT2D eigenvalue weighted by molar-refractivity contribution is 8.01. The molecule has 1 aromatic heterocycles. The number of aliphatic carboxylic acids is 2. The van der Waals surface area contributed by atoms with Gasteiger partial charge in [-0.15, -0.1) is 11.8 Å². The molecule has 1 atom stereocenters. The van der Waals surface area contributed by atoms with Crippen LogP contribution in [-0.4, -0.2) is 69.2 Å². The van der Waals surface area contributed by atoms with E-state index in [2.05, 4.69) is 10.3 Å². The second-order valence-corrected chi connectivity index (χ2v) is 7.43. The zero-order valence-electron chi connectivity index (χ0n) is 14.8. The highest BCUT2D eigenvalue weighted by Crippen LogP contribution is 2.42. The third-order valence-electron chi connectivity index (χ3n) is 3.56. The zero-order valence-corrected chi connectivity index (χ0v) is 15.6. The van der Waals surface area contributed by atoms with Gasteiger partial charge in [0.1, 0.15) is 6.10 Å². The van der Waals surface area contributed by atoms with Gasteiger partial charge in [-0.25, -0.2) is 19.0 Å². The molecule has 2 fully saturated rings. The maximum Gasteiger partial charge on any atom is 0.490 e. The van der Waals surface area contributed by atoms with Crippen molar-refractivity contribution in [3.05, 3.63) is 24.1 Å². The van der Waals surface area contributed by atoms with E-state index in [1.807, 2.05) is 11.8 Å². The first-order valence-corrected chi connectivity index (χ1v) is 8.87. The molecule has 0 aromatic carbocycles. The molecule has 0 amide bonds. The van der Waals surface area contributed by atoms with Gasteiger partial charge in [0.2, 0.25) is 0 Å². The average molecular weight is 468 g/mol. The summed E-state index contributed by atoms with van der Waals surface area (Å²) < 4.78 is 82.7. The minimum atomic E-state index is -5.08. The van der Waals surface area contributed by atoms with Gasteiger partial charge in [0.25, 0.3) is 5.88 Å². The topological polar surface area (TPSA) is 109 Å². The van der Waals surface area contributed by atoms with Gasteiger partial charge in [0, 0.05) is 36.2 Å². The molecule has 3 heterocycles. The van der Waals surface area contributed by atoms with Crippen LogP contribution >= 0.6 is 11.8 Å². The van der Waals surface area contributed by atoms with Gasteiger partial charge in [-0.05, 0) is 12.1 Å². The molecule has 3 rings (SSSR count). The molecular formula is C15H15F7N2O5S. The fraction of sp³-hybridized carbons (Fsp3) is 0.533. The molecule has 3 N–H and O–H groups in total. The van der Waals surface area contributed by atoms with Crippen molar-refractivity contribution in [2.45, 2.75) is 29.6 Å². The number of hydrogen-bond donors (Lipinski definition) is 3. The van der Waals surface area contributed by atoms with Crippen LogP contribution in [-0.2, 0) is 9.59 Å². The molecule has 15 heteroatoms. The maximum absolute atomic E-state index is 13.3. The van der Waals surface area contributed by atoms with Crippen molar-refractivity contribution < 1.29 is 55.3 Å². The number of nitrogens with one attached hydrogen (secondary N) is 1. The minimum absolute atomic E-state index is 0.0940. The summed E-state index contributed by atoms with van der Waals surface area (Å²) in [4.78, 5) is 21.7. The molecule has 2 saturated heterocycles. The van der Waals surface area contributed by atoms with E-state index in [0.29, 0.717) is 4.75 Å². The first-order chi connectivity index (χ1) is 13.7. The predicted molar refractivity (Wildman–Crippen MR) is 88.7 cm³/mol. The van der Waals surface area contributed by atoms with E-state index in [4.69, 9.17) is 24.5 Å². The fourth-order valence-corrected chi connectivity index (χ4v) is 3.58. The van der Waals surface area contributed by atoms with E-state index in [-0.39, 0.29) is 17.8 Å². The lowest BCUT2D eigenvalue weighted by molar-refractivity contribution is -0.193. The quantitative estimate of drug-likeness (QED) is 0.569. The van der Waals surface area contributed by atoms with Gasteiger partial charge in [0.15, 0.2) is 5.82 Å². The Morgan fingerprint density at radius 1 is 1.13 bits per heavy atom. The number of alkyl halides is 6. The number of hydrogen-bond acceptors (Lipinski definition) is 6. The lowest BCUT2D eigenvalue weighted by Gasteiger charge is -2.38. The van der Waals surface area contributed by atoms with Gasteiger partial charge in [-0.1, -0.05) is 0 Å². The highest BCUT2D eigenvalue weighted by atomic mass is 32.2. The minimum Gasteiger partial charge on any atom is -0.475 e. The van der Waals surface area contributed by atoms with Crippen molar-refractivity contribution in [3.8, 4) is 5.88 Å². The van der Waals surface area contributed by atoms with E-state index >= 15 is 0 Å². The number of ether oxygens (including phenoxy) is 1. The van der Waals surface area contributed by atoms with E-state index in [1.165, 1.54) is 6.07 Å². The number of nitrogens with zero attached hydrogens (tertiary/aromatic N) is 1. The number of aromatic nitrogens is 1. The highest BCUT2D eigenvalue weighted by Gasteiger charge is 2.45. The summed E-state index contributed by atoms with van der Waals surface area (Å²) in [5, 5.41) is 17.5. The number of pyridine rings is 1. The molecular weight excluding hydrogens is 453 g/mol. The second kappa shape index (κ2) is 10.1. The monoisotopic (exact) mass is 468 g/mol. The number of carbonyl (C=O) groups is 2. The van der Waals surface area contributed by atoms with Crippen LogP contribution in [0.2, 0.25) is 0 Å².